The third kappa shape index (κ3) is 4.31. The van der Waals surface area contributed by atoms with Crippen LogP contribution < -0.4 is 5.32 Å². The van der Waals surface area contributed by atoms with Crippen LogP contribution in [0.3, 0.4) is 0 Å². The van der Waals surface area contributed by atoms with Crippen LogP contribution in [-0.4, -0.2) is 11.0 Å². The second-order valence-electron chi connectivity index (χ2n) is 4.67. The van der Waals surface area contributed by atoms with Crippen molar-refractivity contribution in [3.63, 3.8) is 0 Å². The Labute approximate surface area is 127 Å². The Bertz CT molecular complexity index is 641. The molecular formula is C16H16FNO2S. The van der Waals surface area contributed by atoms with E-state index in [0.29, 0.717) is 5.56 Å². The summed E-state index contributed by atoms with van der Waals surface area (Å²) < 4.78 is 13.3. The summed E-state index contributed by atoms with van der Waals surface area (Å²) in [7, 11) is 0. The Kier molecular flexibility index (Phi) is 4.98. The summed E-state index contributed by atoms with van der Waals surface area (Å²) in [5.41, 5.74) is 1.28. The van der Waals surface area contributed by atoms with Crippen molar-refractivity contribution in [2.45, 2.75) is 29.7 Å². The molecule has 5 heteroatoms. The van der Waals surface area contributed by atoms with Gasteiger partial charge in [-0.3, -0.25) is 4.79 Å². The molecule has 2 aromatic rings. The van der Waals surface area contributed by atoms with Gasteiger partial charge in [-0.25, -0.2) is 4.39 Å². The van der Waals surface area contributed by atoms with Crippen molar-refractivity contribution >= 4 is 23.4 Å². The lowest BCUT2D eigenvalue weighted by molar-refractivity contribution is -0.114. The van der Waals surface area contributed by atoms with Gasteiger partial charge in [0.25, 0.3) is 0 Å². The first kappa shape index (κ1) is 15.5. The smallest absolute Gasteiger partial charge is 0.221 e. The highest BCUT2D eigenvalue weighted by Gasteiger charge is 2.10. The van der Waals surface area contributed by atoms with Crippen LogP contribution >= 0.6 is 11.8 Å². The minimum atomic E-state index is -0.734. The maximum atomic E-state index is 13.3. The molecule has 0 bridgehead atoms. The zero-order valence-corrected chi connectivity index (χ0v) is 12.6. The maximum Gasteiger partial charge on any atom is 0.221 e. The summed E-state index contributed by atoms with van der Waals surface area (Å²) in [6, 6.07) is 11.7. The molecule has 0 heterocycles. The first-order chi connectivity index (χ1) is 9.95. The van der Waals surface area contributed by atoms with E-state index in [1.807, 2.05) is 12.1 Å². The third-order valence-corrected chi connectivity index (χ3v) is 3.92. The third-order valence-electron chi connectivity index (χ3n) is 2.82. The summed E-state index contributed by atoms with van der Waals surface area (Å²) in [6.45, 7) is 3.06. The number of hydrogen-bond acceptors (Lipinski definition) is 3. The molecule has 0 spiro atoms. The number of rotatable bonds is 4. The van der Waals surface area contributed by atoms with Crippen molar-refractivity contribution in [3.8, 4) is 0 Å². The number of anilines is 1. The summed E-state index contributed by atoms with van der Waals surface area (Å²) in [6.07, 6.45) is -0.734. The van der Waals surface area contributed by atoms with Crippen LogP contribution in [0.5, 0.6) is 0 Å². The molecule has 0 aliphatic rings. The monoisotopic (exact) mass is 305 g/mol. The number of carbonyl (C=O) groups is 1. The molecule has 0 aliphatic heterocycles. The zero-order valence-electron chi connectivity index (χ0n) is 11.8. The van der Waals surface area contributed by atoms with Gasteiger partial charge in [-0.05, 0) is 55.0 Å². The average Bonchev–Trinajstić information content (AvgIpc) is 2.42. The molecule has 2 N–H and O–H groups in total. The van der Waals surface area contributed by atoms with Crippen molar-refractivity contribution in [2.24, 2.45) is 0 Å². The summed E-state index contributed by atoms with van der Waals surface area (Å²) in [5.74, 6) is -0.485. The lowest BCUT2D eigenvalue weighted by atomic mass is 10.1. The Hall–Kier alpha value is -1.85. The predicted octanol–water partition coefficient (Wildman–Crippen LogP) is 3.99. The topological polar surface area (TPSA) is 49.3 Å². The fraction of sp³-hybridized carbons (Fsp3) is 0.188. The molecule has 21 heavy (non-hydrogen) atoms. The van der Waals surface area contributed by atoms with Crippen LogP contribution in [0.2, 0.25) is 0 Å². The number of aliphatic hydroxyl groups is 1. The molecule has 2 aromatic carbocycles. The van der Waals surface area contributed by atoms with Crippen molar-refractivity contribution in [1.82, 2.24) is 0 Å². The van der Waals surface area contributed by atoms with Gasteiger partial charge in [0.2, 0.25) is 5.91 Å². The van der Waals surface area contributed by atoms with Crippen molar-refractivity contribution < 1.29 is 14.3 Å². The summed E-state index contributed by atoms with van der Waals surface area (Å²) in [4.78, 5) is 12.7. The predicted molar refractivity (Wildman–Crippen MR) is 81.9 cm³/mol. The quantitative estimate of drug-likeness (QED) is 0.898. The summed E-state index contributed by atoms with van der Waals surface area (Å²) in [5, 5.41) is 12.4. The van der Waals surface area contributed by atoms with Crippen molar-refractivity contribution in [2.75, 3.05) is 5.32 Å². The summed E-state index contributed by atoms with van der Waals surface area (Å²) >= 11 is 1.44. The van der Waals surface area contributed by atoms with Crippen LogP contribution in [0, 0.1) is 5.82 Å². The number of halogens is 1. The van der Waals surface area contributed by atoms with E-state index in [-0.39, 0.29) is 11.7 Å². The van der Waals surface area contributed by atoms with Crippen LogP contribution in [0.1, 0.15) is 25.5 Å². The Morgan fingerprint density at radius 1 is 1.24 bits per heavy atom. The standard InChI is InChI=1S/C16H16FNO2S/c1-10(19)15-9-12(17)3-8-16(15)21-14-6-4-13(5-7-14)18-11(2)20/h3-10,19H,1-2H3,(H,18,20)/t10-/m0/s1. The number of amides is 1. The van der Waals surface area contributed by atoms with Gasteiger partial charge in [0.15, 0.2) is 0 Å². The number of benzene rings is 2. The highest BCUT2D eigenvalue weighted by molar-refractivity contribution is 7.99. The lowest BCUT2D eigenvalue weighted by Crippen LogP contribution is -2.05. The molecule has 0 aromatic heterocycles. The van der Waals surface area contributed by atoms with E-state index in [1.54, 1.807) is 25.1 Å². The lowest BCUT2D eigenvalue weighted by Gasteiger charge is -2.12. The van der Waals surface area contributed by atoms with E-state index in [2.05, 4.69) is 5.32 Å². The number of aliphatic hydroxyl groups excluding tert-OH is 1. The molecule has 110 valence electrons. The second kappa shape index (κ2) is 6.74. The molecule has 3 nitrogen and oxygen atoms in total. The van der Waals surface area contributed by atoms with Gasteiger partial charge in [0, 0.05) is 22.4 Å². The van der Waals surface area contributed by atoms with Gasteiger partial charge in [0.05, 0.1) is 6.10 Å². The van der Waals surface area contributed by atoms with Crippen LogP contribution in [-0.2, 0) is 4.79 Å². The minimum absolute atomic E-state index is 0.120. The van der Waals surface area contributed by atoms with E-state index in [1.165, 1.54) is 30.8 Å². The van der Waals surface area contributed by atoms with Crippen molar-refractivity contribution in [3.05, 3.63) is 53.8 Å². The van der Waals surface area contributed by atoms with Gasteiger partial charge in [-0.1, -0.05) is 11.8 Å². The molecule has 0 saturated carbocycles. The van der Waals surface area contributed by atoms with E-state index in [9.17, 15) is 14.3 Å². The fourth-order valence-corrected chi connectivity index (χ4v) is 2.88. The Balaban J connectivity index is 2.20. The first-order valence-electron chi connectivity index (χ1n) is 6.48. The number of nitrogens with one attached hydrogen (secondary N) is 1. The van der Waals surface area contributed by atoms with E-state index >= 15 is 0 Å². The normalized spacial score (nSPS) is 12.0. The molecule has 1 atom stereocenters. The molecule has 1 amide bonds. The fourth-order valence-electron chi connectivity index (χ4n) is 1.88. The zero-order chi connectivity index (χ0) is 15.4. The van der Waals surface area contributed by atoms with Gasteiger partial charge < -0.3 is 10.4 Å². The molecule has 0 unspecified atom stereocenters. The molecule has 0 fully saturated rings. The Morgan fingerprint density at radius 3 is 2.48 bits per heavy atom. The highest BCUT2D eigenvalue weighted by atomic mass is 32.2. The first-order valence-corrected chi connectivity index (χ1v) is 7.30. The molecule has 0 aliphatic carbocycles. The van der Waals surface area contributed by atoms with Gasteiger partial charge in [-0.15, -0.1) is 0 Å². The molecule has 0 radical (unpaired) electrons. The number of carbonyl (C=O) groups excluding carboxylic acids is 1. The van der Waals surface area contributed by atoms with E-state index in [0.717, 1.165) is 15.5 Å². The molecular weight excluding hydrogens is 289 g/mol. The van der Waals surface area contributed by atoms with Gasteiger partial charge >= 0.3 is 0 Å². The molecule has 2 rings (SSSR count). The van der Waals surface area contributed by atoms with E-state index in [4.69, 9.17) is 0 Å². The largest absolute Gasteiger partial charge is 0.389 e. The minimum Gasteiger partial charge on any atom is -0.389 e. The second-order valence-corrected chi connectivity index (χ2v) is 5.78. The average molecular weight is 305 g/mol. The van der Waals surface area contributed by atoms with Crippen LogP contribution in [0.25, 0.3) is 0 Å². The number of hydrogen-bond donors (Lipinski definition) is 2. The highest BCUT2D eigenvalue weighted by Crippen LogP contribution is 2.34. The van der Waals surface area contributed by atoms with Crippen molar-refractivity contribution in [1.29, 1.82) is 0 Å². The SMILES string of the molecule is CC(=O)Nc1ccc(Sc2ccc(F)cc2[C@H](C)O)cc1. The van der Waals surface area contributed by atoms with Gasteiger partial charge in [-0.2, -0.15) is 0 Å². The van der Waals surface area contributed by atoms with Crippen LogP contribution in [0.15, 0.2) is 52.3 Å². The van der Waals surface area contributed by atoms with Gasteiger partial charge in [0.1, 0.15) is 5.82 Å². The van der Waals surface area contributed by atoms with Crippen LogP contribution in [0.4, 0.5) is 10.1 Å². The Morgan fingerprint density at radius 2 is 1.90 bits per heavy atom. The maximum absolute atomic E-state index is 13.3. The molecule has 0 saturated heterocycles. The van der Waals surface area contributed by atoms with E-state index < -0.39 is 6.10 Å².